The number of hydrogen-bond donors (Lipinski definition) is 3. The number of H-pyrrole nitrogens is 1. The Bertz CT molecular complexity index is 569. The van der Waals surface area contributed by atoms with Crippen LogP contribution in [0.5, 0.6) is 0 Å². The molecule has 0 aliphatic carbocycles. The average Bonchev–Trinajstić information content (AvgIpc) is 2.79. The summed E-state index contributed by atoms with van der Waals surface area (Å²) in [5, 5.41) is 8.01. The molecule has 4 nitrogen and oxygen atoms in total. The lowest BCUT2D eigenvalue weighted by Gasteiger charge is -2.13. The summed E-state index contributed by atoms with van der Waals surface area (Å²) in [5.41, 5.74) is 2.45. The Hall–Kier alpha value is -1.71. The zero-order valence-corrected chi connectivity index (χ0v) is 13.2. The van der Waals surface area contributed by atoms with Crippen molar-refractivity contribution < 1.29 is 0 Å². The Morgan fingerprint density at radius 1 is 1.25 bits per heavy atom. The van der Waals surface area contributed by atoms with Crippen LogP contribution in [0.2, 0.25) is 0 Å². The first-order chi connectivity index (χ1) is 9.52. The third kappa shape index (κ3) is 3.06. The molecule has 20 heavy (non-hydrogen) atoms. The van der Waals surface area contributed by atoms with Gasteiger partial charge in [0.1, 0.15) is 11.6 Å². The van der Waals surface area contributed by atoms with Crippen LogP contribution in [0.4, 0.5) is 11.6 Å². The fourth-order valence-corrected chi connectivity index (χ4v) is 2.32. The highest BCUT2D eigenvalue weighted by Gasteiger charge is 2.13. The SMILES string of the molecule is CCCNc1cc2c(NC(C)C)ncc(C(C)C)c2[nH]1. The Balaban J connectivity index is 2.49. The molecule has 2 aromatic rings. The molecule has 0 unspecified atom stereocenters. The van der Waals surface area contributed by atoms with Crippen molar-refractivity contribution >= 4 is 22.5 Å². The fraction of sp³-hybridized carbons (Fsp3) is 0.562. The largest absolute Gasteiger partial charge is 0.372 e. The molecule has 3 N–H and O–H groups in total. The van der Waals surface area contributed by atoms with E-state index in [0.717, 1.165) is 24.6 Å². The molecule has 0 radical (unpaired) electrons. The fourth-order valence-electron chi connectivity index (χ4n) is 2.32. The Morgan fingerprint density at radius 3 is 2.60 bits per heavy atom. The lowest BCUT2D eigenvalue weighted by molar-refractivity contribution is 0.860. The van der Waals surface area contributed by atoms with E-state index in [2.05, 4.69) is 61.3 Å². The molecule has 0 aromatic carbocycles. The van der Waals surface area contributed by atoms with E-state index >= 15 is 0 Å². The van der Waals surface area contributed by atoms with E-state index in [1.165, 1.54) is 16.5 Å². The van der Waals surface area contributed by atoms with E-state index in [-0.39, 0.29) is 0 Å². The van der Waals surface area contributed by atoms with Crippen molar-refractivity contribution in [3.63, 3.8) is 0 Å². The van der Waals surface area contributed by atoms with Crippen LogP contribution >= 0.6 is 0 Å². The van der Waals surface area contributed by atoms with E-state index < -0.39 is 0 Å². The number of anilines is 2. The summed E-state index contributed by atoms with van der Waals surface area (Å²) in [7, 11) is 0. The van der Waals surface area contributed by atoms with Crippen LogP contribution in [0.3, 0.4) is 0 Å². The highest BCUT2D eigenvalue weighted by molar-refractivity contribution is 5.95. The molecule has 0 bridgehead atoms. The molecule has 110 valence electrons. The monoisotopic (exact) mass is 274 g/mol. The van der Waals surface area contributed by atoms with Crippen LogP contribution in [-0.2, 0) is 0 Å². The summed E-state index contributed by atoms with van der Waals surface area (Å²) >= 11 is 0. The molecule has 0 spiro atoms. The van der Waals surface area contributed by atoms with Crippen molar-refractivity contribution in [2.24, 2.45) is 0 Å². The summed E-state index contributed by atoms with van der Waals surface area (Å²) in [6.07, 6.45) is 3.10. The highest BCUT2D eigenvalue weighted by Crippen LogP contribution is 2.31. The summed E-state index contributed by atoms with van der Waals surface area (Å²) in [6.45, 7) is 11.8. The number of aromatic amines is 1. The van der Waals surface area contributed by atoms with Gasteiger partial charge in [0.05, 0.1) is 5.52 Å². The van der Waals surface area contributed by atoms with Gasteiger partial charge in [0.15, 0.2) is 0 Å². The van der Waals surface area contributed by atoms with Gasteiger partial charge in [0, 0.05) is 24.2 Å². The molecule has 0 aliphatic rings. The molecule has 0 amide bonds. The smallest absolute Gasteiger partial charge is 0.135 e. The maximum Gasteiger partial charge on any atom is 0.135 e. The third-order valence-corrected chi connectivity index (χ3v) is 3.31. The Morgan fingerprint density at radius 2 is 2.00 bits per heavy atom. The van der Waals surface area contributed by atoms with Crippen LogP contribution in [0, 0.1) is 0 Å². The van der Waals surface area contributed by atoms with Crippen LogP contribution in [0.25, 0.3) is 10.9 Å². The number of rotatable bonds is 6. The molecule has 2 heterocycles. The number of nitrogens with zero attached hydrogens (tertiary/aromatic N) is 1. The molecular formula is C16H26N4. The molecular weight excluding hydrogens is 248 g/mol. The first-order valence-corrected chi connectivity index (χ1v) is 7.55. The minimum Gasteiger partial charge on any atom is -0.372 e. The van der Waals surface area contributed by atoms with Gasteiger partial charge in [-0.1, -0.05) is 20.8 Å². The topological polar surface area (TPSA) is 52.7 Å². The molecule has 0 aliphatic heterocycles. The van der Waals surface area contributed by atoms with Gasteiger partial charge in [-0.25, -0.2) is 4.98 Å². The summed E-state index contributed by atoms with van der Waals surface area (Å²) in [5.74, 6) is 2.49. The first-order valence-electron chi connectivity index (χ1n) is 7.55. The Kier molecular flexibility index (Phi) is 4.53. The van der Waals surface area contributed by atoms with Gasteiger partial charge in [-0.2, -0.15) is 0 Å². The number of pyridine rings is 1. The van der Waals surface area contributed by atoms with Gasteiger partial charge in [-0.3, -0.25) is 0 Å². The maximum absolute atomic E-state index is 4.60. The predicted molar refractivity (Wildman–Crippen MR) is 87.7 cm³/mol. The number of fused-ring (bicyclic) bond motifs is 1. The van der Waals surface area contributed by atoms with Crippen LogP contribution in [-0.4, -0.2) is 22.6 Å². The van der Waals surface area contributed by atoms with Gasteiger partial charge in [-0.15, -0.1) is 0 Å². The third-order valence-electron chi connectivity index (χ3n) is 3.31. The second-order valence-corrected chi connectivity index (χ2v) is 5.91. The minimum atomic E-state index is 0.373. The quantitative estimate of drug-likeness (QED) is 0.735. The molecule has 0 fully saturated rings. The van der Waals surface area contributed by atoms with E-state index in [4.69, 9.17) is 0 Å². The normalized spacial score (nSPS) is 11.6. The van der Waals surface area contributed by atoms with Crippen LogP contribution < -0.4 is 10.6 Å². The standard InChI is InChI=1S/C16H26N4/c1-6-7-17-14-8-12-15(20-14)13(10(2)3)9-18-16(12)19-11(4)5/h8-11,17,20H,6-7H2,1-5H3,(H,18,19). The molecule has 4 heteroatoms. The average molecular weight is 274 g/mol. The lowest BCUT2D eigenvalue weighted by Crippen LogP contribution is -2.11. The highest BCUT2D eigenvalue weighted by atomic mass is 15.0. The summed E-state index contributed by atoms with van der Waals surface area (Å²) < 4.78 is 0. The van der Waals surface area contributed by atoms with Crippen molar-refractivity contribution in [3.8, 4) is 0 Å². The van der Waals surface area contributed by atoms with Crippen molar-refractivity contribution in [1.29, 1.82) is 0 Å². The molecule has 0 atom stereocenters. The van der Waals surface area contributed by atoms with Crippen molar-refractivity contribution in [2.75, 3.05) is 17.2 Å². The van der Waals surface area contributed by atoms with Crippen LogP contribution in [0.1, 0.15) is 52.5 Å². The van der Waals surface area contributed by atoms with Crippen molar-refractivity contribution in [1.82, 2.24) is 9.97 Å². The van der Waals surface area contributed by atoms with Crippen LogP contribution in [0.15, 0.2) is 12.3 Å². The number of hydrogen-bond acceptors (Lipinski definition) is 3. The minimum absolute atomic E-state index is 0.373. The van der Waals surface area contributed by atoms with Crippen molar-refractivity contribution in [3.05, 3.63) is 17.8 Å². The zero-order chi connectivity index (χ0) is 14.7. The van der Waals surface area contributed by atoms with E-state index in [1.807, 2.05) is 6.20 Å². The van der Waals surface area contributed by atoms with Gasteiger partial charge >= 0.3 is 0 Å². The number of aromatic nitrogens is 2. The Labute approximate surface area is 121 Å². The maximum atomic E-state index is 4.60. The summed E-state index contributed by atoms with van der Waals surface area (Å²) in [4.78, 5) is 8.11. The second-order valence-electron chi connectivity index (χ2n) is 5.91. The van der Waals surface area contributed by atoms with E-state index in [9.17, 15) is 0 Å². The van der Waals surface area contributed by atoms with Gasteiger partial charge in [-0.05, 0) is 37.8 Å². The zero-order valence-electron chi connectivity index (χ0n) is 13.2. The van der Waals surface area contributed by atoms with E-state index in [0.29, 0.717) is 12.0 Å². The van der Waals surface area contributed by atoms with Gasteiger partial charge in [0.25, 0.3) is 0 Å². The second kappa shape index (κ2) is 6.16. The van der Waals surface area contributed by atoms with E-state index in [1.54, 1.807) is 0 Å². The number of nitrogens with one attached hydrogen (secondary N) is 3. The molecule has 2 aromatic heterocycles. The summed E-state index contributed by atoms with van der Waals surface area (Å²) in [6, 6.07) is 2.53. The molecule has 0 saturated carbocycles. The van der Waals surface area contributed by atoms with Crippen molar-refractivity contribution in [2.45, 2.75) is 53.0 Å². The lowest BCUT2D eigenvalue weighted by atomic mass is 10.0. The van der Waals surface area contributed by atoms with Gasteiger partial charge < -0.3 is 15.6 Å². The first kappa shape index (κ1) is 14.7. The van der Waals surface area contributed by atoms with Gasteiger partial charge in [0.2, 0.25) is 0 Å². The molecule has 2 rings (SSSR count). The molecule has 0 saturated heterocycles. The predicted octanol–water partition coefficient (Wildman–Crippen LogP) is 4.33.